The van der Waals surface area contributed by atoms with Crippen molar-refractivity contribution in [1.82, 2.24) is 20.0 Å². The first-order valence-corrected chi connectivity index (χ1v) is 9.48. The van der Waals surface area contributed by atoms with Crippen molar-refractivity contribution >= 4 is 23.6 Å². The highest BCUT2D eigenvalue weighted by Crippen LogP contribution is 2.23. The summed E-state index contributed by atoms with van der Waals surface area (Å²) in [7, 11) is 1.62. The van der Waals surface area contributed by atoms with E-state index in [1.807, 2.05) is 45.0 Å². The number of carbonyl (C=O) groups is 2. The normalized spacial score (nSPS) is 10.6. The Morgan fingerprint density at radius 2 is 1.88 bits per heavy atom. The molecule has 7 nitrogen and oxygen atoms in total. The summed E-state index contributed by atoms with van der Waals surface area (Å²) < 4.78 is 5.60. The Morgan fingerprint density at radius 3 is 2.54 bits per heavy atom. The van der Waals surface area contributed by atoms with Gasteiger partial charge in [-0.3, -0.25) is 9.59 Å². The number of aromatic nitrogens is 2. The number of nitrogens with zero attached hydrogens (tertiary/aromatic N) is 4. The molecule has 2 rings (SSSR count). The fourth-order valence-electron chi connectivity index (χ4n) is 2.36. The second-order valence-corrected chi connectivity index (χ2v) is 6.77. The van der Waals surface area contributed by atoms with Crippen LogP contribution in [-0.4, -0.2) is 64.2 Å². The van der Waals surface area contributed by atoms with E-state index >= 15 is 0 Å². The Labute approximate surface area is 157 Å². The van der Waals surface area contributed by atoms with E-state index in [1.54, 1.807) is 11.9 Å². The molecule has 26 heavy (non-hydrogen) atoms. The van der Waals surface area contributed by atoms with Gasteiger partial charge >= 0.3 is 0 Å². The molecule has 1 aromatic carbocycles. The number of aryl methyl sites for hydroxylation is 1. The lowest BCUT2D eigenvalue weighted by Crippen LogP contribution is -2.41. The number of rotatable bonds is 8. The Morgan fingerprint density at radius 1 is 1.15 bits per heavy atom. The van der Waals surface area contributed by atoms with Gasteiger partial charge in [-0.05, 0) is 32.9 Å². The molecule has 0 saturated carbocycles. The van der Waals surface area contributed by atoms with Gasteiger partial charge in [-0.25, -0.2) is 0 Å². The maximum absolute atomic E-state index is 12.2. The summed E-state index contributed by atoms with van der Waals surface area (Å²) in [6.07, 6.45) is 0. The van der Waals surface area contributed by atoms with E-state index < -0.39 is 0 Å². The van der Waals surface area contributed by atoms with Crippen LogP contribution in [0.15, 0.2) is 33.9 Å². The average Bonchev–Trinajstić information content (AvgIpc) is 3.09. The van der Waals surface area contributed by atoms with Gasteiger partial charge in [0.15, 0.2) is 0 Å². The number of hydrogen-bond acceptors (Lipinski definition) is 6. The zero-order valence-corrected chi connectivity index (χ0v) is 16.4. The molecule has 0 unspecified atom stereocenters. The molecule has 0 radical (unpaired) electrons. The van der Waals surface area contributed by atoms with Gasteiger partial charge in [0.05, 0.1) is 12.3 Å². The predicted octanol–water partition coefficient (Wildman–Crippen LogP) is 2.46. The van der Waals surface area contributed by atoms with Gasteiger partial charge in [0, 0.05) is 25.7 Å². The van der Waals surface area contributed by atoms with Gasteiger partial charge in [-0.2, -0.15) is 0 Å². The lowest BCUT2D eigenvalue weighted by molar-refractivity contribution is -0.137. The van der Waals surface area contributed by atoms with Crippen molar-refractivity contribution in [2.24, 2.45) is 0 Å². The molecule has 0 aliphatic heterocycles. The molecule has 140 valence electrons. The van der Waals surface area contributed by atoms with E-state index in [4.69, 9.17) is 4.42 Å². The Balaban J connectivity index is 1.88. The number of thioether (sulfide) groups is 1. The average molecular weight is 376 g/mol. The maximum Gasteiger partial charge on any atom is 0.277 e. The molecule has 0 bridgehead atoms. The molecule has 0 saturated heterocycles. The SMILES string of the molecule is CCN(CC)C(=O)CN(C)C(=O)CSc1nnc(-c2cccc(C)c2)o1. The van der Waals surface area contributed by atoms with Crippen LogP contribution in [0.4, 0.5) is 0 Å². The molecule has 0 fully saturated rings. The van der Waals surface area contributed by atoms with Crippen molar-refractivity contribution < 1.29 is 14.0 Å². The summed E-state index contributed by atoms with van der Waals surface area (Å²) in [6, 6.07) is 7.77. The van der Waals surface area contributed by atoms with E-state index in [2.05, 4.69) is 10.2 Å². The van der Waals surface area contributed by atoms with Gasteiger partial charge in [-0.1, -0.05) is 29.5 Å². The molecule has 0 aliphatic carbocycles. The highest BCUT2D eigenvalue weighted by molar-refractivity contribution is 7.99. The van der Waals surface area contributed by atoms with Crippen LogP contribution in [0.1, 0.15) is 19.4 Å². The third-order valence-corrected chi connectivity index (χ3v) is 4.71. The molecular weight excluding hydrogens is 352 g/mol. The van der Waals surface area contributed by atoms with Crippen LogP contribution < -0.4 is 0 Å². The molecule has 2 amide bonds. The van der Waals surface area contributed by atoms with Gasteiger partial charge in [-0.15, -0.1) is 10.2 Å². The van der Waals surface area contributed by atoms with Crippen LogP contribution in [0.25, 0.3) is 11.5 Å². The summed E-state index contributed by atoms with van der Waals surface area (Å²) in [5.41, 5.74) is 1.95. The van der Waals surface area contributed by atoms with Crippen LogP contribution in [0.3, 0.4) is 0 Å². The van der Waals surface area contributed by atoms with E-state index in [0.29, 0.717) is 24.2 Å². The van der Waals surface area contributed by atoms with Crippen molar-refractivity contribution in [3.8, 4) is 11.5 Å². The van der Waals surface area contributed by atoms with Crippen molar-refractivity contribution in [3.63, 3.8) is 0 Å². The standard InChI is InChI=1S/C18H24N4O3S/c1-5-22(6-2)15(23)11-21(4)16(24)12-26-18-20-19-17(25-18)14-9-7-8-13(3)10-14/h7-10H,5-6,11-12H2,1-4H3. The van der Waals surface area contributed by atoms with Crippen molar-refractivity contribution in [1.29, 1.82) is 0 Å². The largest absolute Gasteiger partial charge is 0.411 e. The second kappa shape index (κ2) is 9.38. The van der Waals surface area contributed by atoms with E-state index in [-0.39, 0.29) is 24.1 Å². The molecule has 2 aromatic rings. The molecular formula is C18H24N4O3S. The zero-order valence-electron chi connectivity index (χ0n) is 15.6. The minimum Gasteiger partial charge on any atom is -0.411 e. The van der Waals surface area contributed by atoms with Crippen molar-refractivity contribution in [2.45, 2.75) is 26.0 Å². The van der Waals surface area contributed by atoms with E-state index in [1.165, 1.54) is 16.7 Å². The number of benzene rings is 1. The van der Waals surface area contributed by atoms with E-state index in [0.717, 1.165) is 11.1 Å². The van der Waals surface area contributed by atoms with Gasteiger partial charge < -0.3 is 14.2 Å². The monoisotopic (exact) mass is 376 g/mol. The van der Waals surface area contributed by atoms with Crippen LogP contribution in [0.2, 0.25) is 0 Å². The van der Waals surface area contributed by atoms with Crippen LogP contribution in [0, 0.1) is 6.92 Å². The third-order valence-electron chi connectivity index (χ3n) is 3.90. The van der Waals surface area contributed by atoms with E-state index in [9.17, 15) is 9.59 Å². The zero-order chi connectivity index (χ0) is 19.1. The highest BCUT2D eigenvalue weighted by atomic mass is 32.2. The van der Waals surface area contributed by atoms with Crippen LogP contribution in [-0.2, 0) is 9.59 Å². The second-order valence-electron chi connectivity index (χ2n) is 5.85. The number of likely N-dealkylation sites (N-methyl/N-ethyl adjacent to an activating group) is 2. The van der Waals surface area contributed by atoms with Gasteiger partial charge in [0.25, 0.3) is 5.22 Å². The molecule has 0 N–H and O–H groups in total. The van der Waals surface area contributed by atoms with Crippen LogP contribution >= 0.6 is 11.8 Å². The van der Waals surface area contributed by atoms with Gasteiger partial charge in [0.2, 0.25) is 17.7 Å². The summed E-state index contributed by atoms with van der Waals surface area (Å²) in [5.74, 6) is 0.340. The highest BCUT2D eigenvalue weighted by Gasteiger charge is 2.18. The van der Waals surface area contributed by atoms with Crippen molar-refractivity contribution in [3.05, 3.63) is 29.8 Å². The number of amides is 2. The topological polar surface area (TPSA) is 79.5 Å². The summed E-state index contributed by atoms with van der Waals surface area (Å²) in [4.78, 5) is 27.4. The summed E-state index contributed by atoms with van der Waals surface area (Å²) in [6.45, 7) is 7.16. The molecule has 1 aromatic heterocycles. The predicted molar refractivity (Wildman–Crippen MR) is 101 cm³/mol. The van der Waals surface area contributed by atoms with Crippen molar-refractivity contribution in [2.75, 3.05) is 32.4 Å². The minimum atomic E-state index is -0.161. The Hall–Kier alpha value is -2.35. The fraction of sp³-hybridized carbons (Fsp3) is 0.444. The number of carbonyl (C=O) groups excluding carboxylic acids is 2. The Kier molecular flexibility index (Phi) is 7.20. The molecule has 0 spiro atoms. The first kappa shape index (κ1) is 20.0. The number of hydrogen-bond donors (Lipinski definition) is 0. The summed E-state index contributed by atoms with van der Waals surface area (Å²) in [5, 5.41) is 8.32. The molecule has 0 atom stereocenters. The summed E-state index contributed by atoms with van der Waals surface area (Å²) >= 11 is 1.17. The lowest BCUT2D eigenvalue weighted by atomic mass is 10.1. The third kappa shape index (κ3) is 5.32. The quantitative estimate of drug-likeness (QED) is 0.659. The Bertz CT molecular complexity index is 758. The van der Waals surface area contributed by atoms with Gasteiger partial charge in [0.1, 0.15) is 0 Å². The first-order valence-electron chi connectivity index (χ1n) is 8.49. The minimum absolute atomic E-state index is 0.0598. The van der Waals surface area contributed by atoms with Crippen LogP contribution in [0.5, 0.6) is 0 Å². The molecule has 0 aliphatic rings. The smallest absolute Gasteiger partial charge is 0.277 e. The molecule has 8 heteroatoms. The molecule has 1 heterocycles. The fourth-order valence-corrected chi connectivity index (χ4v) is 3.07. The first-order chi connectivity index (χ1) is 12.4. The lowest BCUT2D eigenvalue weighted by Gasteiger charge is -2.22. The maximum atomic E-state index is 12.2.